The van der Waals surface area contributed by atoms with Gasteiger partial charge in [-0.15, -0.1) is 0 Å². The number of ether oxygens (including phenoxy) is 1. The summed E-state index contributed by atoms with van der Waals surface area (Å²) in [7, 11) is 0. The number of nitrogens with zero attached hydrogens (tertiary/aromatic N) is 1. The summed E-state index contributed by atoms with van der Waals surface area (Å²) in [6.45, 7) is 2.61. The second-order valence-corrected chi connectivity index (χ2v) is 4.91. The highest BCUT2D eigenvalue weighted by Gasteiger charge is 2.38. The lowest BCUT2D eigenvalue weighted by Crippen LogP contribution is -2.50. The molecular weight excluding hydrogens is 222 g/mol. The molecule has 6 heteroatoms. The Morgan fingerprint density at radius 3 is 2.71 bits per heavy atom. The molecule has 0 radical (unpaired) electrons. The molecule has 2 fully saturated rings. The van der Waals surface area contributed by atoms with Gasteiger partial charge in [0.15, 0.2) is 5.84 Å². The lowest BCUT2D eigenvalue weighted by molar-refractivity contribution is -0.131. The van der Waals surface area contributed by atoms with Gasteiger partial charge in [-0.05, 0) is 31.1 Å². The van der Waals surface area contributed by atoms with Gasteiger partial charge in [0.1, 0.15) is 6.10 Å². The van der Waals surface area contributed by atoms with Gasteiger partial charge in [-0.3, -0.25) is 4.79 Å². The van der Waals surface area contributed by atoms with Crippen LogP contribution in [0.25, 0.3) is 0 Å². The Balaban J connectivity index is 1.95. The minimum Gasteiger partial charge on any atom is -0.409 e. The van der Waals surface area contributed by atoms with Gasteiger partial charge in [0, 0.05) is 6.61 Å². The predicted octanol–water partition coefficient (Wildman–Crippen LogP) is 0.0526. The number of amides is 1. The number of carbonyl (C=O) groups excluding carboxylic acids is 1. The molecule has 4 N–H and O–H groups in total. The number of hydrogen-bond acceptors (Lipinski definition) is 4. The lowest BCUT2D eigenvalue weighted by atomic mass is 10.0. The smallest absolute Gasteiger partial charge is 0.250 e. The number of hydrogen-bond donors (Lipinski definition) is 3. The summed E-state index contributed by atoms with van der Waals surface area (Å²) in [6.07, 6.45) is 2.50. The van der Waals surface area contributed by atoms with Crippen LogP contribution in [-0.2, 0) is 9.53 Å². The van der Waals surface area contributed by atoms with E-state index in [0.29, 0.717) is 12.5 Å². The first-order chi connectivity index (χ1) is 8.13. The summed E-state index contributed by atoms with van der Waals surface area (Å²) >= 11 is 0. The van der Waals surface area contributed by atoms with E-state index in [1.807, 2.05) is 6.92 Å². The van der Waals surface area contributed by atoms with Gasteiger partial charge < -0.3 is 21.0 Å². The number of carbonyl (C=O) groups is 1. The van der Waals surface area contributed by atoms with Crippen molar-refractivity contribution in [3.8, 4) is 0 Å². The molecular formula is C11H19N3O3. The Morgan fingerprint density at radius 2 is 2.24 bits per heavy atom. The second-order valence-electron chi connectivity index (χ2n) is 4.91. The Bertz CT molecular complexity index is 328. The highest BCUT2D eigenvalue weighted by molar-refractivity contribution is 5.91. The summed E-state index contributed by atoms with van der Waals surface area (Å²) < 4.78 is 5.39. The maximum absolute atomic E-state index is 12.0. The topological polar surface area (TPSA) is 96.9 Å². The molecule has 2 aliphatic rings. The lowest BCUT2D eigenvalue weighted by Gasteiger charge is -2.20. The van der Waals surface area contributed by atoms with Crippen molar-refractivity contribution in [2.45, 2.75) is 38.3 Å². The van der Waals surface area contributed by atoms with Crippen molar-refractivity contribution < 1.29 is 14.7 Å². The van der Waals surface area contributed by atoms with Crippen LogP contribution in [0.15, 0.2) is 5.16 Å². The SMILES string of the molecule is CC1CCOC1C(=O)NC(C(N)=NO)C1CC1. The van der Waals surface area contributed by atoms with Gasteiger partial charge in [-0.25, -0.2) is 0 Å². The molecule has 17 heavy (non-hydrogen) atoms. The number of oxime groups is 1. The van der Waals surface area contributed by atoms with E-state index in [1.165, 1.54) is 0 Å². The molecule has 6 nitrogen and oxygen atoms in total. The van der Waals surface area contributed by atoms with Crippen LogP contribution < -0.4 is 11.1 Å². The largest absolute Gasteiger partial charge is 0.409 e. The third-order valence-corrected chi connectivity index (χ3v) is 3.47. The Kier molecular flexibility index (Phi) is 3.51. The van der Waals surface area contributed by atoms with Crippen LogP contribution in [0, 0.1) is 11.8 Å². The molecule has 0 aromatic rings. The molecule has 1 amide bonds. The number of amidine groups is 1. The third-order valence-electron chi connectivity index (χ3n) is 3.47. The quantitative estimate of drug-likeness (QED) is 0.280. The van der Waals surface area contributed by atoms with Crippen LogP contribution in [0.4, 0.5) is 0 Å². The van der Waals surface area contributed by atoms with E-state index in [9.17, 15) is 4.79 Å². The molecule has 1 saturated carbocycles. The molecule has 0 aromatic heterocycles. The van der Waals surface area contributed by atoms with Crippen molar-refractivity contribution >= 4 is 11.7 Å². The molecule has 0 aromatic carbocycles. The van der Waals surface area contributed by atoms with Gasteiger partial charge in [-0.2, -0.15) is 0 Å². The maximum Gasteiger partial charge on any atom is 0.250 e. The second kappa shape index (κ2) is 4.91. The summed E-state index contributed by atoms with van der Waals surface area (Å²) in [5.74, 6) is 0.443. The number of nitrogens with two attached hydrogens (primary N) is 1. The minimum atomic E-state index is -0.400. The van der Waals surface area contributed by atoms with Crippen LogP contribution in [0.2, 0.25) is 0 Å². The van der Waals surface area contributed by atoms with Crippen LogP contribution in [-0.4, -0.2) is 35.7 Å². The first-order valence-electron chi connectivity index (χ1n) is 6.03. The van der Waals surface area contributed by atoms with Crippen molar-refractivity contribution in [1.82, 2.24) is 5.32 Å². The molecule has 96 valence electrons. The average Bonchev–Trinajstić information content (AvgIpc) is 3.07. The number of nitrogens with one attached hydrogen (secondary N) is 1. The minimum absolute atomic E-state index is 0.0755. The summed E-state index contributed by atoms with van der Waals surface area (Å²) in [5.41, 5.74) is 5.58. The zero-order valence-electron chi connectivity index (χ0n) is 9.93. The van der Waals surface area contributed by atoms with E-state index in [4.69, 9.17) is 15.7 Å². The van der Waals surface area contributed by atoms with Crippen LogP contribution in [0.1, 0.15) is 26.2 Å². The summed E-state index contributed by atoms with van der Waals surface area (Å²) in [4.78, 5) is 12.0. The predicted molar refractivity (Wildman–Crippen MR) is 61.6 cm³/mol. The highest BCUT2D eigenvalue weighted by Crippen LogP contribution is 2.33. The first-order valence-corrected chi connectivity index (χ1v) is 6.03. The molecule has 3 unspecified atom stereocenters. The van der Waals surface area contributed by atoms with E-state index in [-0.39, 0.29) is 23.7 Å². The third kappa shape index (κ3) is 2.69. The van der Waals surface area contributed by atoms with Gasteiger partial charge in [0.2, 0.25) is 5.91 Å². The van der Waals surface area contributed by atoms with Crippen molar-refractivity contribution in [3.63, 3.8) is 0 Å². The van der Waals surface area contributed by atoms with Gasteiger partial charge in [0.25, 0.3) is 0 Å². The molecule has 1 aliphatic heterocycles. The van der Waals surface area contributed by atoms with Crippen molar-refractivity contribution in [2.75, 3.05) is 6.61 Å². The molecule has 0 bridgehead atoms. The van der Waals surface area contributed by atoms with Crippen LogP contribution in [0.5, 0.6) is 0 Å². The molecule has 1 heterocycles. The van der Waals surface area contributed by atoms with Gasteiger partial charge in [0.05, 0.1) is 6.04 Å². The van der Waals surface area contributed by atoms with E-state index in [0.717, 1.165) is 19.3 Å². The normalized spacial score (nSPS) is 31.2. The molecule has 1 aliphatic carbocycles. The van der Waals surface area contributed by atoms with E-state index >= 15 is 0 Å². The van der Waals surface area contributed by atoms with Crippen molar-refractivity contribution in [3.05, 3.63) is 0 Å². The Labute approximate surface area is 100 Å². The first kappa shape index (κ1) is 12.2. The molecule has 1 saturated heterocycles. The Morgan fingerprint density at radius 1 is 1.53 bits per heavy atom. The van der Waals surface area contributed by atoms with Gasteiger partial charge >= 0.3 is 0 Å². The molecule has 2 rings (SSSR count). The fourth-order valence-electron chi connectivity index (χ4n) is 2.19. The van der Waals surface area contributed by atoms with Crippen molar-refractivity contribution in [2.24, 2.45) is 22.7 Å². The maximum atomic E-state index is 12.0. The van der Waals surface area contributed by atoms with E-state index < -0.39 is 6.10 Å². The number of rotatable bonds is 4. The summed E-state index contributed by atoms with van der Waals surface area (Å²) in [6, 6.07) is -0.358. The molecule has 0 spiro atoms. The van der Waals surface area contributed by atoms with Gasteiger partial charge in [-0.1, -0.05) is 12.1 Å². The average molecular weight is 241 g/mol. The zero-order valence-corrected chi connectivity index (χ0v) is 9.93. The zero-order chi connectivity index (χ0) is 12.4. The highest BCUT2D eigenvalue weighted by atomic mass is 16.5. The van der Waals surface area contributed by atoms with Crippen LogP contribution in [0.3, 0.4) is 0 Å². The van der Waals surface area contributed by atoms with Crippen molar-refractivity contribution in [1.29, 1.82) is 0 Å². The van der Waals surface area contributed by atoms with E-state index in [2.05, 4.69) is 10.5 Å². The standard InChI is InChI=1S/C11H19N3O3/c1-6-4-5-17-9(6)11(15)13-8(7-2-3-7)10(12)14-16/h6-9,16H,2-5H2,1H3,(H2,12,14)(H,13,15). The molecule has 3 atom stereocenters. The Hall–Kier alpha value is -1.30. The summed E-state index contributed by atoms with van der Waals surface area (Å²) in [5, 5.41) is 14.5. The van der Waals surface area contributed by atoms with E-state index in [1.54, 1.807) is 0 Å². The fraction of sp³-hybridized carbons (Fsp3) is 0.818. The van der Waals surface area contributed by atoms with Crippen LogP contribution >= 0.6 is 0 Å². The monoisotopic (exact) mass is 241 g/mol. The fourth-order valence-corrected chi connectivity index (χ4v) is 2.19.